The molecule has 0 aliphatic carbocycles. The highest BCUT2D eigenvalue weighted by molar-refractivity contribution is 9.10. The fourth-order valence-electron chi connectivity index (χ4n) is 1.88. The van der Waals surface area contributed by atoms with Gasteiger partial charge >= 0.3 is 0 Å². The Morgan fingerprint density at radius 1 is 1.11 bits per heavy atom. The normalized spacial score (nSPS) is 10.5. The van der Waals surface area contributed by atoms with Gasteiger partial charge in [-0.05, 0) is 43.7 Å². The summed E-state index contributed by atoms with van der Waals surface area (Å²) in [5, 5.41) is 0. The smallest absolute Gasteiger partial charge is 0.173 e. The van der Waals surface area contributed by atoms with Crippen LogP contribution in [-0.2, 0) is 0 Å². The van der Waals surface area contributed by atoms with Crippen LogP contribution in [0.5, 0.6) is 0 Å². The number of thioether (sulfide) groups is 1. The van der Waals surface area contributed by atoms with Crippen molar-refractivity contribution in [3.63, 3.8) is 0 Å². The van der Waals surface area contributed by atoms with Gasteiger partial charge in [-0.15, -0.1) is 11.8 Å². The van der Waals surface area contributed by atoms with Crippen LogP contribution in [0, 0.1) is 13.8 Å². The van der Waals surface area contributed by atoms with Gasteiger partial charge in [0.15, 0.2) is 5.78 Å². The summed E-state index contributed by atoms with van der Waals surface area (Å²) in [4.78, 5) is 13.3. The molecule has 0 fully saturated rings. The van der Waals surface area contributed by atoms with Crippen LogP contribution in [0.15, 0.2) is 51.8 Å². The molecule has 0 spiro atoms. The zero-order valence-corrected chi connectivity index (χ0v) is 13.3. The molecular formula is C16H15BrOS. The minimum atomic E-state index is 0.186. The highest BCUT2D eigenvalue weighted by Crippen LogP contribution is 2.22. The molecule has 0 radical (unpaired) electrons. The number of benzene rings is 2. The Balaban J connectivity index is 2.03. The summed E-state index contributed by atoms with van der Waals surface area (Å²) in [6, 6.07) is 14.0. The standard InChI is InChI=1S/C16H15BrOS/c1-11-3-8-15(12(2)9-11)16(18)10-19-14-6-4-13(17)5-7-14/h3-9H,10H2,1-2H3. The minimum Gasteiger partial charge on any atom is -0.293 e. The fraction of sp³-hybridized carbons (Fsp3) is 0.188. The maximum atomic E-state index is 12.2. The summed E-state index contributed by atoms with van der Waals surface area (Å²) >= 11 is 4.98. The van der Waals surface area contributed by atoms with Gasteiger partial charge in [0.25, 0.3) is 0 Å². The largest absolute Gasteiger partial charge is 0.293 e. The third-order valence-corrected chi connectivity index (χ3v) is 4.41. The molecule has 0 amide bonds. The highest BCUT2D eigenvalue weighted by atomic mass is 79.9. The molecule has 0 heterocycles. The lowest BCUT2D eigenvalue weighted by Crippen LogP contribution is -2.04. The molecular weight excluding hydrogens is 320 g/mol. The van der Waals surface area contributed by atoms with E-state index in [1.54, 1.807) is 11.8 Å². The Morgan fingerprint density at radius 2 is 1.79 bits per heavy atom. The number of ketones is 1. The van der Waals surface area contributed by atoms with Crippen LogP contribution in [0.3, 0.4) is 0 Å². The topological polar surface area (TPSA) is 17.1 Å². The molecule has 0 saturated carbocycles. The van der Waals surface area contributed by atoms with Crippen molar-refractivity contribution in [2.24, 2.45) is 0 Å². The van der Waals surface area contributed by atoms with E-state index >= 15 is 0 Å². The molecule has 19 heavy (non-hydrogen) atoms. The Bertz CT molecular complexity index is 590. The average Bonchev–Trinajstić information content (AvgIpc) is 2.37. The molecule has 98 valence electrons. The number of Topliss-reactive ketones (excluding diaryl/α,β-unsaturated/α-hetero) is 1. The van der Waals surface area contributed by atoms with Crippen molar-refractivity contribution in [3.05, 3.63) is 63.6 Å². The van der Waals surface area contributed by atoms with Crippen molar-refractivity contribution in [1.82, 2.24) is 0 Å². The van der Waals surface area contributed by atoms with Crippen molar-refractivity contribution in [2.75, 3.05) is 5.75 Å². The lowest BCUT2D eigenvalue weighted by Gasteiger charge is -2.06. The number of hydrogen-bond donors (Lipinski definition) is 0. The van der Waals surface area contributed by atoms with Crippen molar-refractivity contribution in [2.45, 2.75) is 18.7 Å². The van der Waals surface area contributed by atoms with E-state index in [0.29, 0.717) is 5.75 Å². The quantitative estimate of drug-likeness (QED) is 0.575. The predicted octanol–water partition coefficient (Wildman–Crippen LogP) is 5.04. The first-order valence-corrected chi connectivity index (χ1v) is 7.83. The van der Waals surface area contributed by atoms with Crippen molar-refractivity contribution < 1.29 is 4.79 Å². The molecule has 2 aromatic carbocycles. The summed E-state index contributed by atoms with van der Waals surface area (Å²) in [6.45, 7) is 4.03. The number of aryl methyl sites for hydroxylation is 2. The maximum absolute atomic E-state index is 12.2. The summed E-state index contributed by atoms with van der Waals surface area (Å²) in [5.74, 6) is 0.663. The Labute approximate surface area is 126 Å². The summed E-state index contributed by atoms with van der Waals surface area (Å²) in [7, 11) is 0. The van der Waals surface area contributed by atoms with E-state index in [1.165, 1.54) is 5.56 Å². The molecule has 0 aliphatic heterocycles. The SMILES string of the molecule is Cc1ccc(C(=O)CSc2ccc(Br)cc2)c(C)c1. The summed E-state index contributed by atoms with van der Waals surface area (Å²) < 4.78 is 1.05. The molecule has 2 rings (SSSR count). The Morgan fingerprint density at radius 3 is 2.42 bits per heavy atom. The van der Waals surface area contributed by atoms with Crippen LogP contribution in [0.4, 0.5) is 0 Å². The van der Waals surface area contributed by atoms with E-state index in [-0.39, 0.29) is 5.78 Å². The number of carbonyl (C=O) groups is 1. The van der Waals surface area contributed by atoms with E-state index < -0.39 is 0 Å². The van der Waals surface area contributed by atoms with Gasteiger partial charge in [-0.3, -0.25) is 4.79 Å². The number of hydrogen-bond acceptors (Lipinski definition) is 2. The fourth-order valence-corrected chi connectivity index (χ4v) is 2.93. The third kappa shape index (κ3) is 3.95. The van der Waals surface area contributed by atoms with Gasteiger partial charge in [0, 0.05) is 14.9 Å². The molecule has 2 aromatic rings. The zero-order valence-electron chi connectivity index (χ0n) is 10.9. The van der Waals surface area contributed by atoms with E-state index in [2.05, 4.69) is 22.0 Å². The van der Waals surface area contributed by atoms with Crippen LogP contribution in [0.1, 0.15) is 21.5 Å². The first-order valence-electron chi connectivity index (χ1n) is 6.05. The van der Waals surface area contributed by atoms with E-state index in [1.807, 2.05) is 50.2 Å². The van der Waals surface area contributed by atoms with Gasteiger partial charge in [0.2, 0.25) is 0 Å². The lowest BCUT2D eigenvalue weighted by molar-refractivity contribution is 0.102. The molecule has 0 atom stereocenters. The minimum absolute atomic E-state index is 0.186. The summed E-state index contributed by atoms with van der Waals surface area (Å²) in [5.41, 5.74) is 3.08. The predicted molar refractivity (Wildman–Crippen MR) is 85.1 cm³/mol. The monoisotopic (exact) mass is 334 g/mol. The molecule has 0 saturated heterocycles. The van der Waals surface area contributed by atoms with Crippen LogP contribution in [0.2, 0.25) is 0 Å². The van der Waals surface area contributed by atoms with Crippen LogP contribution >= 0.6 is 27.7 Å². The van der Waals surface area contributed by atoms with Crippen LogP contribution in [-0.4, -0.2) is 11.5 Å². The molecule has 0 bridgehead atoms. The first kappa shape index (κ1) is 14.4. The second kappa shape index (κ2) is 6.40. The zero-order chi connectivity index (χ0) is 13.8. The molecule has 1 nitrogen and oxygen atoms in total. The van der Waals surface area contributed by atoms with Gasteiger partial charge in [-0.25, -0.2) is 0 Å². The summed E-state index contributed by atoms with van der Waals surface area (Å²) in [6.07, 6.45) is 0. The Kier molecular flexibility index (Phi) is 4.83. The Hall–Kier alpha value is -1.06. The van der Waals surface area contributed by atoms with Crippen LogP contribution in [0.25, 0.3) is 0 Å². The van der Waals surface area contributed by atoms with Gasteiger partial charge in [-0.1, -0.05) is 39.7 Å². The van der Waals surface area contributed by atoms with Crippen molar-refractivity contribution in [1.29, 1.82) is 0 Å². The second-order valence-corrected chi connectivity index (χ2v) is 6.45. The van der Waals surface area contributed by atoms with Crippen LogP contribution < -0.4 is 0 Å². The number of rotatable bonds is 4. The molecule has 3 heteroatoms. The number of carbonyl (C=O) groups excluding carboxylic acids is 1. The second-order valence-electron chi connectivity index (χ2n) is 4.48. The number of halogens is 1. The molecule has 0 aliphatic rings. The average molecular weight is 335 g/mol. The van der Waals surface area contributed by atoms with E-state index in [4.69, 9.17) is 0 Å². The van der Waals surface area contributed by atoms with Gasteiger partial charge < -0.3 is 0 Å². The van der Waals surface area contributed by atoms with Crippen molar-refractivity contribution >= 4 is 33.5 Å². The molecule has 0 N–H and O–H groups in total. The maximum Gasteiger partial charge on any atom is 0.173 e. The van der Waals surface area contributed by atoms with Gasteiger partial charge in [-0.2, -0.15) is 0 Å². The molecule has 0 unspecified atom stereocenters. The third-order valence-electron chi connectivity index (χ3n) is 2.87. The lowest BCUT2D eigenvalue weighted by atomic mass is 10.0. The highest BCUT2D eigenvalue weighted by Gasteiger charge is 2.09. The first-order chi connectivity index (χ1) is 9.06. The van der Waals surface area contributed by atoms with Gasteiger partial charge in [0.1, 0.15) is 0 Å². The van der Waals surface area contributed by atoms with E-state index in [0.717, 1.165) is 20.5 Å². The van der Waals surface area contributed by atoms with Gasteiger partial charge in [0.05, 0.1) is 5.75 Å². The van der Waals surface area contributed by atoms with Crippen molar-refractivity contribution in [3.8, 4) is 0 Å². The molecule has 0 aromatic heterocycles. The van der Waals surface area contributed by atoms with E-state index in [9.17, 15) is 4.79 Å².